The number of halogens is 2. The van der Waals surface area contributed by atoms with Crippen LogP contribution in [0.15, 0.2) is 52.4 Å². The van der Waals surface area contributed by atoms with E-state index in [0.29, 0.717) is 44.0 Å². The second kappa shape index (κ2) is 8.25. The summed E-state index contributed by atoms with van der Waals surface area (Å²) in [6.45, 7) is 1.57. The molecule has 0 radical (unpaired) electrons. The van der Waals surface area contributed by atoms with Crippen LogP contribution in [0.5, 0.6) is 0 Å². The maximum atomic E-state index is 13.1. The van der Waals surface area contributed by atoms with E-state index < -0.39 is 0 Å². The molecule has 0 aliphatic rings. The largest absolute Gasteiger partial charge is 0.300 e. The molecule has 0 aliphatic carbocycles. The van der Waals surface area contributed by atoms with Crippen LogP contribution < -0.4 is 5.56 Å². The summed E-state index contributed by atoms with van der Waals surface area (Å²) in [5.74, 6) is 0.838. The van der Waals surface area contributed by atoms with Gasteiger partial charge >= 0.3 is 0 Å². The van der Waals surface area contributed by atoms with Crippen molar-refractivity contribution in [2.24, 2.45) is 0 Å². The van der Waals surface area contributed by atoms with Gasteiger partial charge in [0, 0.05) is 22.2 Å². The minimum atomic E-state index is -0.164. The first-order valence-corrected chi connectivity index (χ1v) is 9.80. The van der Waals surface area contributed by atoms with E-state index in [4.69, 9.17) is 23.2 Å². The molecule has 0 amide bonds. The zero-order chi connectivity index (χ0) is 18.7. The molecule has 0 bridgehead atoms. The number of carbonyl (C=O) groups is 1. The third-order valence-corrected chi connectivity index (χ3v) is 5.30. The summed E-state index contributed by atoms with van der Waals surface area (Å²) in [7, 11) is 0. The van der Waals surface area contributed by atoms with E-state index in [2.05, 4.69) is 4.98 Å². The molecular weight excluding hydrogens is 391 g/mol. The first-order valence-electron chi connectivity index (χ1n) is 8.06. The molecule has 4 nitrogen and oxygen atoms in total. The van der Waals surface area contributed by atoms with Gasteiger partial charge in [-0.3, -0.25) is 9.36 Å². The number of hydrogen-bond acceptors (Lipinski definition) is 4. The number of benzene rings is 2. The Hall–Kier alpha value is -1.82. The molecule has 0 N–H and O–H groups in total. The van der Waals surface area contributed by atoms with Crippen LogP contribution >= 0.6 is 35.0 Å². The van der Waals surface area contributed by atoms with Crippen LogP contribution in [-0.2, 0) is 4.79 Å². The van der Waals surface area contributed by atoms with E-state index in [-0.39, 0.29) is 11.3 Å². The standard InChI is InChI=1S/C19H16Cl2N2O2S/c1-12(24)3-2-10-26-19-22-17-11-14(21)6-9-16(17)18(25)23(19)15-7-4-13(20)5-8-15/h4-9,11H,2-3,10H2,1H3. The highest BCUT2D eigenvalue weighted by atomic mass is 35.5. The van der Waals surface area contributed by atoms with Crippen molar-refractivity contribution in [2.75, 3.05) is 5.75 Å². The number of fused-ring (bicyclic) bond motifs is 1. The summed E-state index contributed by atoms with van der Waals surface area (Å²) >= 11 is 13.5. The predicted octanol–water partition coefficient (Wildman–Crippen LogP) is 5.15. The van der Waals surface area contributed by atoms with Crippen molar-refractivity contribution in [2.45, 2.75) is 24.9 Å². The van der Waals surface area contributed by atoms with E-state index in [1.165, 1.54) is 11.8 Å². The van der Waals surface area contributed by atoms with Crippen LogP contribution in [0.2, 0.25) is 10.0 Å². The Kier molecular flexibility index (Phi) is 6.01. The van der Waals surface area contributed by atoms with E-state index in [1.54, 1.807) is 54.0 Å². The molecule has 0 saturated heterocycles. The molecule has 0 aliphatic heterocycles. The van der Waals surface area contributed by atoms with Gasteiger partial charge in [-0.15, -0.1) is 0 Å². The quantitative estimate of drug-likeness (QED) is 0.322. The average molecular weight is 407 g/mol. The zero-order valence-corrected chi connectivity index (χ0v) is 16.4. The second-order valence-electron chi connectivity index (χ2n) is 5.83. The number of thioether (sulfide) groups is 1. The number of ketones is 1. The molecule has 3 aromatic rings. The van der Waals surface area contributed by atoms with Crippen molar-refractivity contribution in [1.29, 1.82) is 0 Å². The Balaban J connectivity index is 2.09. The highest BCUT2D eigenvalue weighted by molar-refractivity contribution is 7.99. The summed E-state index contributed by atoms with van der Waals surface area (Å²) in [6, 6.07) is 12.1. The fourth-order valence-corrected chi connectivity index (χ4v) is 3.78. The van der Waals surface area contributed by atoms with Gasteiger partial charge in [-0.05, 0) is 55.8 Å². The number of carbonyl (C=O) groups excluding carboxylic acids is 1. The lowest BCUT2D eigenvalue weighted by atomic mass is 10.2. The Bertz CT molecular complexity index is 1020. The lowest BCUT2D eigenvalue weighted by Crippen LogP contribution is -2.21. The van der Waals surface area contributed by atoms with Gasteiger partial charge in [0.1, 0.15) is 5.78 Å². The van der Waals surface area contributed by atoms with Crippen LogP contribution in [0, 0.1) is 0 Å². The highest BCUT2D eigenvalue weighted by Gasteiger charge is 2.14. The third kappa shape index (κ3) is 4.29. The molecule has 0 fully saturated rings. The molecule has 26 heavy (non-hydrogen) atoms. The first-order chi connectivity index (χ1) is 12.5. The molecule has 3 rings (SSSR count). The smallest absolute Gasteiger partial charge is 0.266 e. The van der Waals surface area contributed by atoms with Gasteiger partial charge in [-0.25, -0.2) is 4.98 Å². The zero-order valence-electron chi connectivity index (χ0n) is 14.0. The van der Waals surface area contributed by atoms with Crippen LogP contribution in [0.3, 0.4) is 0 Å². The van der Waals surface area contributed by atoms with Crippen LogP contribution in [0.4, 0.5) is 0 Å². The van der Waals surface area contributed by atoms with Crippen LogP contribution in [0.25, 0.3) is 16.6 Å². The molecular formula is C19H16Cl2N2O2S. The van der Waals surface area contributed by atoms with Gasteiger partial charge < -0.3 is 4.79 Å². The summed E-state index contributed by atoms with van der Waals surface area (Å²) in [4.78, 5) is 28.8. The molecule has 0 saturated carbocycles. The summed E-state index contributed by atoms with van der Waals surface area (Å²) < 4.78 is 1.57. The van der Waals surface area contributed by atoms with Crippen LogP contribution in [-0.4, -0.2) is 21.1 Å². The van der Waals surface area contributed by atoms with Crippen molar-refractivity contribution < 1.29 is 4.79 Å². The number of hydrogen-bond donors (Lipinski definition) is 0. The van der Waals surface area contributed by atoms with Crippen molar-refractivity contribution in [1.82, 2.24) is 9.55 Å². The summed E-state index contributed by atoms with van der Waals surface area (Å²) in [5.41, 5.74) is 1.09. The van der Waals surface area contributed by atoms with Gasteiger partial charge in [0.05, 0.1) is 16.6 Å². The highest BCUT2D eigenvalue weighted by Crippen LogP contribution is 2.24. The summed E-state index contributed by atoms with van der Waals surface area (Å²) in [5, 5.41) is 2.19. The van der Waals surface area contributed by atoms with Gasteiger partial charge in [0.25, 0.3) is 5.56 Å². The molecule has 0 atom stereocenters. The molecule has 7 heteroatoms. The third-order valence-electron chi connectivity index (χ3n) is 3.79. The molecule has 1 heterocycles. The van der Waals surface area contributed by atoms with Gasteiger partial charge in [-0.1, -0.05) is 35.0 Å². The SMILES string of the molecule is CC(=O)CCCSc1nc2cc(Cl)ccc2c(=O)n1-c1ccc(Cl)cc1. The van der Waals surface area contributed by atoms with E-state index in [1.807, 2.05) is 0 Å². The molecule has 1 aromatic heterocycles. The normalized spacial score (nSPS) is 11.0. The van der Waals surface area contributed by atoms with Crippen molar-refractivity contribution in [3.8, 4) is 5.69 Å². The number of Topliss-reactive ketones (excluding diaryl/α,β-unsaturated/α-hetero) is 1. The van der Waals surface area contributed by atoms with Crippen molar-refractivity contribution in [3.63, 3.8) is 0 Å². The van der Waals surface area contributed by atoms with Crippen LogP contribution in [0.1, 0.15) is 19.8 Å². The number of aromatic nitrogens is 2. The van der Waals surface area contributed by atoms with Gasteiger partial charge in [0.15, 0.2) is 5.16 Å². The average Bonchev–Trinajstić information content (AvgIpc) is 2.59. The monoisotopic (exact) mass is 406 g/mol. The Morgan fingerprint density at radius 3 is 2.50 bits per heavy atom. The first kappa shape index (κ1) is 19.0. The Morgan fingerprint density at radius 2 is 1.81 bits per heavy atom. The maximum Gasteiger partial charge on any atom is 0.266 e. The predicted molar refractivity (Wildman–Crippen MR) is 108 cm³/mol. The second-order valence-corrected chi connectivity index (χ2v) is 7.76. The van der Waals surface area contributed by atoms with Gasteiger partial charge in [0.2, 0.25) is 0 Å². The fourth-order valence-electron chi connectivity index (χ4n) is 2.54. The number of nitrogens with zero attached hydrogens (tertiary/aromatic N) is 2. The van der Waals surface area contributed by atoms with E-state index >= 15 is 0 Å². The van der Waals surface area contributed by atoms with Crippen molar-refractivity contribution in [3.05, 3.63) is 62.9 Å². The lowest BCUT2D eigenvalue weighted by Gasteiger charge is -2.13. The molecule has 134 valence electrons. The van der Waals surface area contributed by atoms with E-state index in [0.717, 1.165) is 6.42 Å². The molecule has 0 unspecified atom stereocenters. The number of rotatable bonds is 6. The minimum absolute atomic E-state index is 0.152. The summed E-state index contributed by atoms with van der Waals surface area (Å²) in [6.07, 6.45) is 1.24. The van der Waals surface area contributed by atoms with E-state index in [9.17, 15) is 9.59 Å². The molecule has 2 aromatic carbocycles. The Labute approximate surface area is 165 Å². The minimum Gasteiger partial charge on any atom is -0.300 e. The lowest BCUT2D eigenvalue weighted by molar-refractivity contribution is -0.117. The van der Waals surface area contributed by atoms with Gasteiger partial charge in [-0.2, -0.15) is 0 Å². The Morgan fingerprint density at radius 1 is 1.12 bits per heavy atom. The fraction of sp³-hybridized carbons (Fsp3) is 0.211. The van der Waals surface area contributed by atoms with Crippen molar-refractivity contribution >= 4 is 51.6 Å². The topological polar surface area (TPSA) is 52.0 Å². The molecule has 0 spiro atoms. The maximum absolute atomic E-state index is 13.1.